The molecular weight excluding hydrogens is 254 g/mol. The third-order valence-corrected chi connectivity index (χ3v) is 3.06. The van der Waals surface area contributed by atoms with Crippen LogP contribution in [-0.2, 0) is 11.2 Å². The first-order valence-corrected chi connectivity index (χ1v) is 6.44. The van der Waals surface area contributed by atoms with Gasteiger partial charge in [-0.25, -0.2) is 4.79 Å². The summed E-state index contributed by atoms with van der Waals surface area (Å²) in [6.45, 7) is 2.08. The van der Waals surface area contributed by atoms with Crippen molar-refractivity contribution in [3.05, 3.63) is 46.8 Å². The van der Waals surface area contributed by atoms with E-state index in [9.17, 15) is 4.79 Å². The Labute approximate surface area is 116 Å². The average Bonchev–Trinajstić information content (AvgIpc) is 3.20. The van der Waals surface area contributed by atoms with E-state index in [-0.39, 0.29) is 11.6 Å². The highest BCUT2D eigenvalue weighted by Gasteiger charge is 2.18. The van der Waals surface area contributed by atoms with Gasteiger partial charge in [0.1, 0.15) is 11.6 Å². The van der Waals surface area contributed by atoms with Gasteiger partial charge in [-0.05, 0) is 18.1 Å². The number of ether oxygens (including phenoxy) is 1. The van der Waals surface area contributed by atoms with Crippen molar-refractivity contribution in [2.45, 2.75) is 19.3 Å². The summed E-state index contributed by atoms with van der Waals surface area (Å²) in [7, 11) is 0. The smallest absolute Gasteiger partial charge is 0.360 e. The zero-order chi connectivity index (χ0) is 13.9. The maximum absolute atomic E-state index is 11.7. The van der Waals surface area contributed by atoms with Crippen molar-refractivity contribution in [1.82, 2.24) is 15.4 Å². The molecule has 100 valence electrons. The lowest BCUT2D eigenvalue weighted by Crippen LogP contribution is -2.08. The van der Waals surface area contributed by atoms with E-state index in [2.05, 4.69) is 27.3 Å². The molecule has 2 aromatic rings. The Morgan fingerprint density at radius 2 is 2.05 bits per heavy atom. The highest BCUT2D eigenvalue weighted by atomic mass is 16.5. The summed E-state index contributed by atoms with van der Waals surface area (Å²) in [6.07, 6.45) is 0.538. The van der Waals surface area contributed by atoms with Crippen molar-refractivity contribution in [3.63, 3.8) is 0 Å². The van der Waals surface area contributed by atoms with Gasteiger partial charge in [-0.15, -0.1) is 5.10 Å². The molecule has 1 aromatic heterocycles. The van der Waals surface area contributed by atoms with Crippen LogP contribution in [0, 0.1) is 11.8 Å². The Bertz CT molecular complexity index is 684. The van der Waals surface area contributed by atoms with Crippen LogP contribution in [0.4, 0.5) is 0 Å². The molecule has 0 atom stereocenters. The van der Waals surface area contributed by atoms with Gasteiger partial charge in [0.25, 0.3) is 0 Å². The molecule has 1 aliphatic rings. The van der Waals surface area contributed by atoms with Crippen molar-refractivity contribution in [2.24, 2.45) is 0 Å². The lowest BCUT2D eigenvalue weighted by molar-refractivity contribution is 0.0518. The highest BCUT2D eigenvalue weighted by molar-refractivity contribution is 5.88. The Kier molecular flexibility index (Phi) is 3.21. The van der Waals surface area contributed by atoms with E-state index in [1.807, 2.05) is 24.3 Å². The zero-order valence-electron chi connectivity index (χ0n) is 11.0. The SMILES string of the molecule is CCOC(=O)c1n[nH]nc1Cc1ccc(C2C#C2)cc1. The van der Waals surface area contributed by atoms with Crippen LogP contribution in [0.1, 0.15) is 40.2 Å². The summed E-state index contributed by atoms with van der Waals surface area (Å²) in [4.78, 5) is 11.7. The molecule has 1 aliphatic carbocycles. The van der Waals surface area contributed by atoms with Crippen LogP contribution in [0.2, 0.25) is 0 Å². The van der Waals surface area contributed by atoms with Crippen LogP contribution in [-0.4, -0.2) is 28.0 Å². The van der Waals surface area contributed by atoms with Crippen LogP contribution < -0.4 is 0 Å². The van der Waals surface area contributed by atoms with E-state index in [1.165, 1.54) is 5.56 Å². The number of carbonyl (C=O) groups is 1. The van der Waals surface area contributed by atoms with Crippen molar-refractivity contribution >= 4 is 5.97 Å². The van der Waals surface area contributed by atoms with E-state index >= 15 is 0 Å². The topological polar surface area (TPSA) is 67.9 Å². The van der Waals surface area contributed by atoms with Gasteiger partial charge in [0.2, 0.25) is 0 Å². The van der Waals surface area contributed by atoms with Gasteiger partial charge in [0, 0.05) is 6.42 Å². The molecule has 0 fully saturated rings. The molecule has 1 N–H and O–H groups in total. The van der Waals surface area contributed by atoms with Gasteiger partial charge in [-0.3, -0.25) is 0 Å². The van der Waals surface area contributed by atoms with Crippen molar-refractivity contribution in [1.29, 1.82) is 0 Å². The van der Waals surface area contributed by atoms with Crippen LogP contribution >= 0.6 is 0 Å². The highest BCUT2D eigenvalue weighted by Crippen LogP contribution is 2.22. The first-order valence-electron chi connectivity index (χ1n) is 6.44. The molecule has 0 unspecified atom stereocenters. The minimum absolute atomic E-state index is 0.251. The molecule has 5 heteroatoms. The Balaban J connectivity index is 1.74. The summed E-state index contributed by atoms with van der Waals surface area (Å²) < 4.78 is 4.95. The fraction of sp³-hybridized carbons (Fsp3) is 0.267. The number of H-pyrrole nitrogens is 1. The van der Waals surface area contributed by atoms with E-state index < -0.39 is 5.97 Å². The maximum atomic E-state index is 11.7. The summed E-state index contributed by atoms with van der Waals surface area (Å²) in [5.41, 5.74) is 3.09. The lowest BCUT2D eigenvalue weighted by Gasteiger charge is -2.03. The molecule has 0 bridgehead atoms. The van der Waals surface area contributed by atoms with Crippen LogP contribution in [0.3, 0.4) is 0 Å². The number of nitrogens with zero attached hydrogens (tertiary/aromatic N) is 2. The number of hydrogen-bond acceptors (Lipinski definition) is 4. The molecule has 0 spiro atoms. The quantitative estimate of drug-likeness (QED) is 0.661. The third kappa shape index (κ3) is 2.54. The first-order chi connectivity index (χ1) is 9.78. The Morgan fingerprint density at radius 3 is 2.70 bits per heavy atom. The van der Waals surface area contributed by atoms with Gasteiger partial charge < -0.3 is 4.74 Å². The molecule has 0 aliphatic heterocycles. The fourth-order valence-electron chi connectivity index (χ4n) is 1.97. The zero-order valence-corrected chi connectivity index (χ0v) is 11.0. The van der Waals surface area contributed by atoms with Crippen molar-refractivity contribution < 1.29 is 9.53 Å². The number of carbonyl (C=O) groups excluding carboxylic acids is 1. The number of benzene rings is 1. The maximum Gasteiger partial charge on any atom is 0.360 e. The number of hydrogen-bond donors (Lipinski definition) is 1. The van der Waals surface area contributed by atoms with Gasteiger partial charge >= 0.3 is 5.97 Å². The van der Waals surface area contributed by atoms with Crippen molar-refractivity contribution in [2.75, 3.05) is 6.61 Å². The molecule has 20 heavy (non-hydrogen) atoms. The number of rotatable bonds is 5. The third-order valence-electron chi connectivity index (χ3n) is 3.06. The largest absolute Gasteiger partial charge is 0.461 e. The Hall–Kier alpha value is -2.61. The summed E-state index contributed by atoms with van der Waals surface area (Å²) in [5.74, 6) is 5.84. The summed E-state index contributed by atoms with van der Waals surface area (Å²) in [5, 5.41) is 10.4. The van der Waals surface area contributed by atoms with Crippen LogP contribution in [0.25, 0.3) is 0 Å². The van der Waals surface area contributed by atoms with Gasteiger partial charge in [-0.2, -0.15) is 10.3 Å². The van der Waals surface area contributed by atoms with E-state index in [0.717, 1.165) is 5.56 Å². The number of nitrogens with one attached hydrogen (secondary N) is 1. The molecule has 5 nitrogen and oxygen atoms in total. The van der Waals surface area contributed by atoms with E-state index in [1.54, 1.807) is 6.92 Å². The summed E-state index contributed by atoms with van der Waals surface area (Å²) >= 11 is 0. The van der Waals surface area contributed by atoms with Gasteiger partial charge in [0.05, 0.1) is 6.61 Å². The van der Waals surface area contributed by atoms with Crippen molar-refractivity contribution in [3.8, 4) is 11.8 Å². The molecule has 3 rings (SSSR count). The number of esters is 1. The second-order valence-electron chi connectivity index (χ2n) is 4.48. The first kappa shape index (κ1) is 12.4. The average molecular weight is 267 g/mol. The van der Waals surface area contributed by atoms with Gasteiger partial charge in [0.15, 0.2) is 5.69 Å². The molecular formula is C15H13N3O2. The molecule has 1 heterocycles. The lowest BCUT2D eigenvalue weighted by atomic mass is 10.0. The number of aromatic amines is 1. The van der Waals surface area contributed by atoms with E-state index in [4.69, 9.17) is 4.74 Å². The fourth-order valence-corrected chi connectivity index (χ4v) is 1.97. The summed E-state index contributed by atoms with van der Waals surface area (Å²) in [6, 6.07) is 8.11. The standard InChI is InChI=1S/C15H13N3O2/c1-2-20-15(19)14-13(16-18-17-14)9-10-3-5-11(6-4-10)12-7-8-12/h3-6,12H,2,9H2,1H3,(H,16,17,18). The number of aromatic nitrogens is 3. The Morgan fingerprint density at radius 1 is 1.30 bits per heavy atom. The minimum atomic E-state index is -0.445. The van der Waals surface area contributed by atoms with E-state index in [0.29, 0.717) is 18.7 Å². The molecule has 0 amide bonds. The predicted molar refractivity (Wildman–Crippen MR) is 72.1 cm³/mol. The second kappa shape index (κ2) is 5.17. The monoisotopic (exact) mass is 267 g/mol. The normalized spacial score (nSPS) is 12.7. The second-order valence-corrected chi connectivity index (χ2v) is 4.48. The minimum Gasteiger partial charge on any atom is -0.461 e. The molecule has 1 aromatic carbocycles. The molecule has 0 saturated carbocycles. The van der Waals surface area contributed by atoms with Crippen LogP contribution in [0.15, 0.2) is 24.3 Å². The molecule has 0 radical (unpaired) electrons. The molecule has 0 saturated heterocycles. The van der Waals surface area contributed by atoms with Crippen LogP contribution in [0.5, 0.6) is 0 Å². The van der Waals surface area contributed by atoms with Gasteiger partial charge in [-0.1, -0.05) is 36.1 Å². The predicted octanol–water partition coefficient (Wildman–Crippen LogP) is 1.67.